The maximum atomic E-state index is 9.11. The highest BCUT2D eigenvalue weighted by molar-refractivity contribution is 7.80. The number of rotatable bonds is 3. The van der Waals surface area contributed by atoms with Crippen LogP contribution in [0.4, 0.5) is 5.82 Å². The third-order valence-corrected chi connectivity index (χ3v) is 3.65. The van der Waals surface area contributed by atoms with Crippen molar-refractivity contribution in [3.05, 3.63) is 35.7 Å². The Labute approximate surface area is 124 Å². The molecule has 1 aliphatic heterocycles. The number of nitriles is 1. The van der Waals surface area contributed by atoms with Crippen LogP contribution in [0, 0.1) is 11.3 Å². The van der Waals surface area contributed by atoms with Crippen LogP contribution in [-0.2, 0) is 0 Å². The van der Waals surface area contributed by atoms with Crippen molar-refractivity contribution in [1.29, 1.82) is 5.26 Å². The van der Waals surface area contributed by atoms with Gasteiger partial charge in [-0.15, -0.1) is 0 Å². The summed E-state index contributed by atoms with van der Waals surface area (Å²) in [7, 11) is 0. The zero-order chi connectivity index (χ0) is 14.5. The highest BCUT2D eigenvalue weighted by Gasteiger charge is 2.20. The average Bonchev–Trinajstić information content (AvgIpc) is 2.48. The standard InChI is InChI=1S/C14H17N5S/c1-11(12(10-15)14(16)20)18-6-8-19(9-7-18)13-4-2-3-5-17-13/h2-5H,6-9H2,1H3,(H2,16,20). The number of allylic oxidation sites excluding steroid dienone is 1. The monoisotopic (exact) mass is 287 g/mol. The first kappa shape index (κ1) is 14.3. The van der Waals surface area contributed by atoms with Crippen LogP contribution in [0.25, 0.3) is 0 Å². The van der Waals surface area contributed by atoms with Crippen LogP contribution in [-0.4, -0.2) is 41.1 Å². The number of piperazine rings is 1. The maximum absolute atomic E-state index is 9.11. The fourth-order valence-electron chi connectivity index (χ4n) is 2.28. The molecule has 0 amide bonds. The van der Waals surface area contributed by atoms with Gasteiger partial charge in [-0.2, -0.15) is 5.26 Å². The van der Waals surface area contributed by atoms with Crippen LogP contribution in [0.2, 0.25) is 0 Å². The molecule has 1 aromatic heterocycles. The average molecular weight is 287 g/mol. The zero-order valence-corrected chi connectivity index (χ0v) is 12.2. The second-order valence-corrected chi connectivity index (χ2v) is 5.04. The molecule has 0 spiro atoms. The van der Waals surface area contributed by atoms with Crippen LogP contribution >= 0.6 is 12.2 Å². The third-order valence-electron chi connectivity index (χ3n) is 3.45. The van der Waals surface area contributed by atoms with Gasteiger partial charge in [-0.05, 0) is 19.1 Å². The predicted molar refractivity (Wildman–Crippen MR) is 83.1 cm³/mol. The van der Waals surface area contributed by atoms with Gasteiger partial charge in [-0.3, -0.25) is 0 Å². The van der Waals surface area contributed by atoms with Gasteiger partial charge in [0, 0.05) is 38.1 Å². The number of nitrogens with two attached hydrogens (primary N) is 1. The van der Waals surface area contributed by atoms with Crippen molar-refractivity contribution in [2.75, 3.05) is 31.1 Å². The molecule has 1 fully saturated rings. The number of thiocarbonyl (C=S) groups is 1. The Hall–Kier alpha value is -2.13. The third kappa shape index (κ3) is 3.06. The second kappa shape index (κ2) is 6.35. The summed E-state index contributed by atoms with van der Waals surface area (Å²) < 4.78 is 0. The molecule has 2 heterocycles. The largest absolute Gasteiger partial charge is 0.389 e. The topological polar surface area (TPSA) is 69.2 Å². The second-order valence-electron chi connectivity index (χ2n) is 4.60. The molecule has 0 bridgehead atoms. The molecule has 1 aromatic rings. The van der Waals surface area contributed by atoms with Gasteiger partial charge in [0.1, 0.15) is 22.4 Å². The van der Waals surface area contributed by atoms with Crippen LogP contribution in [0.5, 0.6) is 0 Å². The lowest BCUT2D eigenvalue weighted by Gasteiger charge is -2.37. The van der Waals surface area contributed by atoms with Crippen molar-refractivity contribution in [2.45, 2.75) is 6.92 Å². The smallest absolute Gasteiger partial charge is 0.128 e. The first-order chi connectivity index (χ1) is 9.63. The summed E-state index contributed by atoms with van der Waals surface area (Å²) >= 11 is 4.91. The Balaban J connectivity index is 2.05. The highest BCUT2D eigenvalue weighted by Crippen LogP contribution is 2.17. The Morgan fingerprint density at radius 1 is 1.35 bits per heavy atom. The number of pyridine rings is 1. The van der Waals surface area contributed by atoms with E-state index in [0.29, 0.717) is 5.57 Å². The summed E-state index contributed by atoms with van der Waals surface area (Å²) in [5.41, 5.74) is 6.85. The first-order valence-electron chi connectivity index (χ1n) is 6.45. The Morgan fingerprint density at radius 2 is 2.05 bits per heavy atom. The van der Waals surface area contributed by atoms with Crippen LogP contribution in [0.3, 0.4) is 0 Å². The lowest BCUT2D eigenvalue weighted by molar-refractivity contribution is 0.320. The Morgan fingerprint density at radius 3 is 2.55 bits per heavy atom. The van der Waals surface area contributed by atoms with E-state index in [2.05, 4.69) is 20.9 Å². The molecule has 6 heteroatoms. The molecule has 2 N–H and O–H groups in total. The molecular formula is C14H17N5S. The fourth-order valence-corrected chi connectivity index (χ4v) is 2.48. The van der Waals surface area contributed by atoms with Gasteiger partial charge >= 0.3 is 0 Å². The number of aromatic nitrogens is 1. The molecule has 2 rings (SSSR count). The summed E-state index contributed by atoms with van der Waals surface area (Å²) in [6.07, 6.45) is 1.80. The van der Waals surface area contributed by atoms with E-state index >= 15 is 0 Å². The molecule has 0 radical (unpaired) electrons. The van der Waals surface area contributed by atoms with Crippen molar-refractivity contribution in [3.63, 3.8) is 0 Å². The van der Waals surface area contributed by atoms with E-state index in [9.17, 15) is 0 Å². The van der Waals surface area contributed by atoms with E-state index in [-0.39, 0.29) is 4.99 Å². The van der Waals surface area contributed by atoms with E-state index in [1.807, 2.05) is 25.1 Å². The minimum Gasteiger partial charge on any atom is -0.389 e. The van der Waals surface area contributed by atoms with Gasteiger partial charge in [0.2, 0.25) is 0 Å². The highest BCUT2D eigenvalue weighted by atomic mass is 32.1. The SMILES string of the molecule is CC(=C(C#N)C(N)=S)N1CCN(c2ccccn2)CC1. The van der Waals surface area contributed by atoms with Gasteiger partial charge in [-0.25, -0.2) is 4.98 Å². The van der Waals surface area contributed by atoms with Crippen LogP contribution in [0.1, 0.15) is 6.92 Å². The Kier molecular flexibility index (Phi) is 4.53. The molecule has 0 aromatic carbocycles. The van der Waals surface area contributed by atoms with E-state index < -0.39 is 0 Å². The lowest BCUT2D eigenvalue weighted by Crippen LogP contribution is -2.46. The summed E-state index contributed by atoms with van der Waals surface area (Å²) in [5, 5.41) is 9.11. The molecule has 0 aliphatic carbocycles. The van der Waals surface area contributed by atoms with Crippen molar-refractivity contribution >= 4 is 23.0 Å². The zero-order valence-electron chi connectivity index (χ0n) is 11.4. The van der Waals surface area contributed by atoms with E-state index in [4.69, 9.17) is 23.2 Å². The summed E-state index contributed by atoms with van der Waals surface area (Å²) in [6, 6.07) is 7.99. The van der Waals surface area contributed by atoms with E-state index in [1.54, 1.807) is 6.20 Å². The minimum atomic E-state index is 0.164. The molecule has 0 unspecified atom stereocenters. The molecule has 1 saturated heterocycles. The normalized spacial score (nSPS) is 16.4. The van der Waals surface area contributed by atoms with Crippen LogP contribution < -0.4 is 10.6 Å². The molecular weight excluding hydrogens is 270 g/mol. The lowest BCUT2D eigenvalue weighted by atomic mass is 10.2. The van der Waals surface area contributed by atoms with Crippen molar-refractivity contribution < 1.29 is 0 Å². The summed E-state index contributed by atoms with van der Waals surface area (Å²) in [5.74, 6) is 0.989. The van der Waals surface area contributed by atoms with Gasteiger partial charge in [0.25, 0.3) is 0 Å². The van der Waals surface area contributed by atoms with E-state index in [0.717, 1.165) is 37.7 Å². The van der Waals surface area contributed by atoms with Crippen LogP contribution in [0.15, 0.2) is 35.7 Å². The minimum absolute atomic E-state index is 0.164. The number of anilines is 1. The number of hydrogen-bond donors (Lipinski definition) is 1. The molecule has 0 saturated carbocycles. The van der Waals surface area contributed by atoms with Gasteiger partial charge < -0.3 is 15.5 Å². The van der Waals surface area contributed by atoms with E-state index in [1.165, 1.54) is 0 Å². The molecule has 20 heavy (non-hydrogen) atoms. The first-order valence-corrected chi connectivity index (χ1v) is 6.86. The predicted octanol–water partition coefficient (Wildman–Crippen LogP) is 1.29. The quantitative estimate of drug-likeness (QED) is 0.513. The van der Waals surface area contributed by atoms with Gasteiger partial charge in [0.15, 0.2) is 0 Å². The van der Waals surface area contributed by atoms with Crippen molar-refractivity contribution in [1.82, 2.24) is 9.88 Å². The maximum Gasteiger partial charge on any atom is 0.128 e. The fraction of sp³-hybridized carbons (Fsp3) is 0.357. The van der Waals surface area contributed by atoms with Gasteiger partial charge in [-0.1, -0.05) is 18.3 Å². The van der Waals surface area contributed by atoms with Crippen molar-refractivity contribution in [2.24, 2.45) is 5.73 Å². The van der Waals surface area contributed by atoms with Gasteiger partial charge in [0.05, 0.1) is 0 Å². The molecule has 104 valence electrons. The summed E-state index contributed by atoms with van der Waals surface area (Å²) in [6.45, 7) is 5.29. The van der Waals surface area contributed by atoms with Crippen molar-refractivity contribution in [3.8, 4) is 6.07 Å². The number of nitrogens with zero attached hydrogens (tertiary/aromatic N) is 4. The summed E-state index contributed by atoms with van der Waals surface area (Å²) in [4.78, 5) is 8.90. The molecule has 0 atom stereocenters. The Bertz CT molecular complexity index is 553. The number of hydrogen-bond acceptors (Lipinski definition) is 5. The molecule has 1 aliphatic rings. The molecule has 5 nitrogen and oxygen atoms in total.